The zero-order valence-electron chi connectivity index (χ0n) is 17.0. The van der Waals surface area contributed by atoms with E-state index in [0.29, 0.717) is 30.6 Å². The van der Waals surface area contributed by atoms with Crippen LogP contribution < -0.4 is 0 Å². The summed E-state index contributed by atoms with van der Waals surface area (Å²) in [5.41, 5.74) is -1.09. The summed E-state index contributed by atoms with van der Waals surface area (Å²) in [6.45, 7) is 5.16. The summed E-state index contributed by atoms with van der Waals surface area (Å²) in [6, 6.07) is 0. The third-order valence-corrected chi connectivity index (χ3v) is 8.81. The predicted molar refractivity (Wildman–Crippen MR) is 98.2 cm³/mol. The molecule has 0 aromatic carbocycles. The second-order valence-corrected chi connectivity index (χ2v) is 10.0. The van der Waals surface area contributed by atoms with Gasteiger partial charge in [0, 0.05) is 32.1 Å². The highest BCUT2D eigenvalue weighted by molar-refractivity contribution is 5.94. The van der Waals surface area contributed by atoms with Gasteiger partial charge in [-0.1, -0.05) is 6.92 Å². The smallest absolute Gasteiger partial charge is 0.302 e. The number of carbonyl (C=O) groups excluding carboxylic acids is 3. The van der Waals surface area contributed by atoms with Gasteiger partial charge in [-0.3, -0.25) is 14.4 Å². The Hall–Kier alpha value is -1.43. The van der Waals surface area contributed by atoms with Crippen molar-refractivity contribution in [1.82, 2.24) is 0 Å². The average molecular weight is 390 g/mol. The van der Waals surface area contributed by atoms with Gasteiger partial charge in [-0.05, 0) is 56.3 Å². The van der Waals surface area contributed by atoms with Gasteiger partial charge in [0.15, 0.2) is 11.4 Å². The van der Waals surface area contributed by atoms with E-state index in [1.54, 1.807) is 0 Å². The molecule has 0 aromatic heterocycles. The van der Waals surface area contributed by atoms with Crippen molar-refractivity contribution >= 4 is 17.7 Å². The van der Waals surface area contributed by atoms with Crippen LogP contribution in [0.2, 0.25) is 0 Å². The van der Waals surface area contributed by atoms with Crippen LogP contribution in [-0.2, 0) is 28.6 Å². The van der Waals surface area contributed by atoms with Crippen molar-refractivity contribution in [2.45, 2.75) is 95.5 Å². The Morgan fingerprint density at radius 1 is 1.00 bits per heavy atom. The molecule has 5 aliphatic rings. The van der Waals surface area contributed by atoms with Gasteiger partial charge in [0.1, 0.15) is 17.8 Å². The second kappa shape index (κ2) is 5.80. The van der Waals surface area contributed by atoms with E-state index < -0.39 is 5.60 Å². The quantitative estimate of drug-likeness (QED) is 0.533. The summed E-state index contributed by atoms with van der Waals surface area (Å²) in [7, 11) is 0. The highest BCUT2D eigenvalue weighted by atomic mass is 16.6. The van der Waals surface area contributed by atoms with Gasteiger partial charge in [0.2, 0.25) is 0 Å². The average Bonchev–Trinajstić information content (AvgIpc) is 3.21. The normalized spacial score (nSPS) is 51.2. The number of Topliss-reactive ketones (excluding diaryl/α,β-unsaturated/α-hetero) is 1. The van der Waals surface area contributed by atoms with E-state index in [-0.39, 0.29) is 40.9 Å². The van der Waals surface area contributed by atoms with Crippen LogP contribution in [0.15, 0.2) is 0 Å². The molecule has 0 bridgehead atoms. The second-order valence-electron chi connectivity index (χ2n) is 10.0. The number of hydrogen-bond acceptors (Lipinski definition) is 6. The Balaban J connectivity index is 1.40. The molecule has 6 nitrogen and oxygen atoms in total. The molecule has 1 heterocycles. The summed E-state index contributed by atoms with van der Waals surface area (Å²) < 4.78 is 17.5. The number of rotatable bonds is 2. The Labute approximate surface area is 165 Å². The fourth-order valence-electron chi connectivity index (χ4n) is 7.73. The van der Waals surface area contributed by atoms with Crippen molar-refractivity contribution in [1.29, 1.82) is 0 Å². The lowest BCUT2D eigenvalue weighted by molar-refractivity contribution is -0.158. The zero-order valence-corrected chi connectivity index (χ0v) is 17.0. The van der Waals surface area contributed by atoms with E-state index in [0.717, 1.165) is 38.5 Å². The molecule has 0 N–H and O–H groups in total. The van der Waals surface area contributed by atoms with Gasteiger partial charge < -0.3 is 14.2 Å². The van der Waals surface area contributed by atoms with Gasteiger partial charge in [0.25, 0.3) is 0 Å². The van der Waals surface area contributed by atoms with E-state index in [2.05, 4.69) is 6.92 Å². The molecule has 1 saturated heterocycles. The molecule has 4 aliphatic carbocycles. The third-order valence-electron chi connectivity index (χ3n) is 8.81. The summed E-state index contributed by atoms with van der Waals surface area (Å²) in [6.07, 6.45) is 6.34. The van der Waals surface area contributed by atoms with Crippen LogP contribution in [0.5, 0.6) is 0 Å². The Morgan fingerprint density at radius 2 is 1.75 bits per heavy atom. The van der Waals surface area contributed by atoms with Crippen molar-refractivity contribution in [2.24, 2.45) is 23.2 Å². The van der Waals surface area contributed by atoms with Crippen molar-refractivity contribution in [2.75, 3.05) is 0 Å². The SMILES string of the molecule is CC(=O)O[C@H]1CC[C@@]23O[C@@]2(C1)C(=O)C[C@H]1[C@@H]2CC[C@H](OC(C)=O)[C@@]2(C)CC[C@@H]13. The lowest BCUT2D eigenvalue weighted by Gasteiger charge is -2.52. The fourth-order valence-corrected chi connectivity index (χ4v) is 7.73. The van der Waals surface area contributed by atoms with Crippen LogP contribution in [0.4, 0.5) is 0 Å². The molecule has 4 saturated carbocycles. The molecule has 5 rings (SSSR count). The maximum atomic E-state index is 13.3. The summed E-state index contributed by atoms with van der Waals surface area (Å²) in [5.74, 6) is 0.811. The molecule has 5 fully saturated rings. The standard InChI is InChI=1S/C22H30O6/c1-12(23)26-14-6-9-21-17-7-8-20(3)16(4-5-19(20)27-13(2)24)15(17)10-18(25)22(21,11-14)28-21/h14-17,19H,4-11H2,1-3H3/t14-,15-,16-,17-,19-,20-,21-,22-/m0/s1. The van der Waals surface area contributed by atoms with Gasteiger partial charge >= 0.3 is 11.9 Å². The van der Waals surface area contributed by atoms with Crippen molar-refractivity contribution < 1.29 is 28.6 Å². The minimum absolute atomic E-state index is 0.0324. The molecule has 154 valence electrons. The van der Waals surface area contributed by atoms with E-state index in [1.165, 1.54) is 13.8 Å². The number of fused-ring (bicyclic) bond motifs is 3. The Bertz CT molecular complexity index is 747. The highest BCUT2D eigenvalue weighted by Gasteiger charge is 2.82. The molecule has 6 heteroatoms. The van der Waals surface area contributed by atoms with Gasteiger partial charge in [-0.25, -0.2) is 0 Å². The molecule has 0 aromatic rings. The molecule has 28 heavy (non-hydrogen) atoms. The number of ketones is 1. The topological polar surface area (TPSA) is 82.2 Å². The van der Waals surface area contributed by atoms with Gasteiger partial charge in [-0.2, -0.15) is 0 Å². The maximum absolute atomic E-state index is 13.3. The first-order chi connectivity index (χ1) is 13.2. The Kier molecular flexibility index (Phi) is 3.85. The molecule has 1 aliphatic heterocycles. The molecule has 8 atom stereocenters. The van der Waals surface area contributed by atoms with E-state index in [4.69, 9.17) is 14.2 Å². The minimum Gasteiger partial charge on any atom is -0.462 e. The van der Waals surface area contributed by atoms with E-state index in [1.807, 2.05) is 0 Å². The van der Waals surface area contributed by atoms with Crippen LogP contribution >= 0.6 is 0 Å². The van der Waals surface area contributed by atoms with Crippen LogP contribution in [0.3, 0.4) is 0 Å². The molecular weight excluding hydrogens is 360 g/mol. The lowest BCUT2D eigenvalue weighted by atomic mass is 9.50. The summed E-state index contributed by atoms with van der Waals surface area (Å²) in [4.78, 5) is 36.2. The lowest BCUT2D eigenvalue weighted by Crippen LogP contribution is -2.57. The third kappa shape index (κ3) is 2.27. The van der Waals surface area contributed by atoms with Crippen molar-refractivity contribution in [3.8, 4) is 0 Å². The highest BCUT2D eigenvalue weighted by Crippen LogP contribution is 2.72. The molecule has 0 spiro atoms. The first-order valence-corrected chi connectivity index (χ1v) is 10.8. The number of hydrogen-bond donors (Lipinski definition) is 0. The van der Waals surface area contributed by atoms with E-state index in [9.17, 15) is 14.4 Å². The molecule has 0 radical (unpaired) electrons. The summed E-state index contributed by atoms with van der Waals surface area (Å²) in [5, 5.41) is 0. The largest absolute Gasteiger partial charge is 0.462 e. The van der Waals surface area contributed by atoms with Gasteiger partial charge in [-0.15, -0.1) is 0 Å². The van der Waals surface area contributed by atoms with Crippen molar-refractivity contribution in [3.63, 3.8) is 0 Å². The molecular formula is C22H30O6. The van der Waals surface area contributed by atoms with Crippen LogP contribution in [0.25, 0.3) is 0 Å². The number of carbonyl (C=O) groups is 3. The predicted octanol–water partition coefficient (Wildman–Crippen LogP) is 2.96. The molecule has 0 unspecified atom stereocenters. The van der Waals surface area contributed by atoms with Crippen LogP contribution in [-0.4, -0.2) is 41.1 Å². The number of esters is 2. The van der Waals surface area contributed by atoms with Crippen molar-refractivity contribution in [3.05, 3.63) is 0 Å². The molecule has 0 amide bonds. The van der Waals surface area contributed by atoms with Crippen LogP contribution in [0, 0.1) is 23.2 Å². The number of epoxide rings is 1. The van der Waals surface area contributed by atoms with Crippen LogP contribution in [0.1, 0.15) is 72.1 Å². The Morgan fingerprint density at radius 3 is 2.46 bits per heavy atom. The van der Waals surface area contributed by atoms with Gasteiger partial charge in [0.05, 0.1) is 0 Å². The first kappa shape index (κ1) is 18.6. The van der Waals surface area contributed by atoms with E-state index >= 15 is 0 Å². The summed E-state index contributed by atoms with van der Waals surface area (Å²) >= 11 is 0. The maximum Gasteiger partial charge on any atom is 0.302 e. The monoisotopic (exact) mass is 390 g/mol. The zero-order chi connectivity index (χ0) is 19.9. The number of ether oxygens (including phenoxy) is 3. The fraction of sp³-hybridized carbons (Fsp3) is 0.864. The first-order valence-electron chi connectivity index (χ1n) is 10.8. The minimum atomic E-state index is -0.714.